The molecule has 0 aromatic carbocycles. The Hall–Kier alpha value is -0.620. The number of nitrogens with zero attached hydrogens (tertiary/aromatic N) is 1. The number of oxime groups is 1. The Kier molecular flexibility index (Phi) is 7.41. The van der Waals surface area contributed by atoms with Gasteiger partial charge in [-0.25, -0.2) is 0 Å². The smallest absolute Gasteiger partial charge is 0.139 e. The van der Waals surface area contributed by atoms with Crippen molar-refractivity contribution in [2.45, 2.75) is 25.0 Å². The molecule has 84 valence electrons. The van der Waals surface area contributed by atoms with Crippen LogP contribution in [-0.2, 0) is 10.8 Å². The van der Waals surface area contributed by atoms with Crippen LogP contribution in [-0.4, -0.2) is 39.8 Å². The zero-order valence-electron chi connectivity index (χ0n) is 8.69. The normalized spacial score (nSPS) is 16.6. The highest BCUT2D eigenvalue weighted by Gasteiger charge is 2.04. The van der Waals surface area contributed by atoms with Crippen molar-refractivity contribution in [1.82, 2.24) is 5.32 Å². The lowest BCUT2D eigenvalue weighted by atomic mass is 10.3. The molecule has 0 aliphatic carbocycles. The van der Waals surface area contributed by atoms with Gasteiger partial charge in [0.2, 0.25) is 0 Å². The van der Waals surface area contributed by atoms with Gasteiger partial charge in [0.25, 0.3) is 0 Å². The molecule has 0 aliphatic rings. The van der Waals surface area contributed by atoms with Gasteiger partial charge in [0.05, 0.1) is 0 Å². The summed E-state index contributed by atoms with van der Waals surface area (Å²) in [6.45, 7) is 3.46. The van der Waals surface area contributed by atoms with Crippen LogP contribution in [0.4, 0.5) is 0 Å². The van der Waals surface area contributed by atoms with E-state index in [1.54, 1.807) is 6.26 Å². The van der Waals surface area contributed by atoms with E-state index >= 15 is 0 Å². The molecule has 0 aliphatic heterocycles. The first-order valence-corrected chi connectivity index (χ1v) is 6.19. The summed E-state index contributed by atoms with van der Waals surface area (Å²) in [4.78, 5) is 0. The summed E-state index contributed by atoms with van der Waals surface area (Å²) in [5, 5.41) is 14.4. The third-order valence-corrected chi connectivity index (χ3v) is 3.21. The van der Waals surface area contributed by atoms with Crippen LogP contribution in [0.1, 0.15) is 19.8 Å². The van der Waals surface area contributed by atoms with Gasteiger partial charge in [0.1, 0.15) is 5.84 Å². The van der Waals surface area contributed by atoms with Crippen LogP contribution in [0.3, 0.4) is 0 Å². The molecule has 0 aromatic rings. The zero-order chi connectivity index (χ0) is 11.0. The second-order valence-corrected chi connectivity index (χ2v) is 5.01. The van der Waals surface area contributed by atoms with Crippen LogP contribution in [0.15, 0.2) is 5.16 Å². The third kappa shape index (κ3) is 6.85. The molecule has 6 heteroatoms. The second kappa shape index (κ2) is 7.75. The van der Waals surface area contributed by atoms with Crippen molar-refractivity contribution >= 4 is 16.6 Å². The lowest BCUT2D eigenvalue weighted by molar-refractivity contribution is 0.316. The van der Waals surface area contributed by atoms with E-state index in [1.807, 2.05) is 6.92 Å². The van der Waals surface area contributed by atoms with Crippen molar-refractivity contribution in [3.8, 4) is 0 Å². The first kappa shape index (κ1) is 13.4. The van der Waals surface area contributed by atoms with Gasteiger partial charge in [-0.3, -0.25) is 4.21 Å². The Morgan fingerprint density at radius 3 is 2.86 bits per heavy atom. The number of nitrogens with two attached hydrogens (primary N) is 1. The molecule has 2 unspecified atom stereocenters. The number of hydrogen-bond donors (Lipinski definition) is 3. The molecule has 0 aromatic heterocycles. The number of hydrogen-bond acceptors (Lipinski definition) is 4. The quantitative estimate of drug-likeness (QED) is 0.184. The molecule has 0 bridgehead atoms. The van der Waals surface area contributed by atoms with Gasteiger partial charge in [0, 0.05) is 35.3 Å². The molecule has 0 saturated carbocycles. The molecule has 14 heavy (non-hydrogen) atoms. The summed E-state index contributed by atoms with van der Waals surface area (Å²) in [5.74, 6) is 0.249. The fourth-order valence-electron chi connectivity index (χ4n) is 0.867. The van der Waals surface area contributed by atoms with E-state index in [9.17, 15) is 4.21 Å². The number of amidine groups is 1. The fourth-order valence-corrected chi connectivity index (χ4v) is 1.22. The van der Waals surface area contributed by atoms with E-state index in [4.69, 9.17) is 10.9 Å². The van der Waals surface area contributed by atoms with Crippen LogP contribution in [0.5, 0.6) is 0 Å². The number of nitrogens with one attached hydrogen (secondary N) is 1. The monoisotopic (exact) mass is 221 g/mol. The van der Waals surface area contributed by atoms with E-state index in [-0.39, 0.29) is 11.1 Å². The predicted octanol–water partition coefficient (Wildman–Crippen LogP) is -0.130. The molecular formula is C8H19N3O2S. The highest BCUT2D eigenvalue weighted by atomic mass is 32.2. The fraction of sp³-hybridized carbons (Fsp3) is 0.875. The summed E-state index contributed by atoms with van der Waals surface area (Å²) in [5.41, 5.74) is 5.29. The summed E-state index contributed by atoms with van der Waals surface area (Å²) in [6.07, 6.45) is 3.09. The summed E-state index contributed by atoms with van der Waals surface area (Å²) < 4.78 is 11.0. The Balaban J connectivity index is 3.34. The Bertz CT molecular complexity index is 209. The molecule has 0 amide bonds. The van der Waals surface area contributed by atoms with Gasteiger partial charge in [-0.05, 0) is 19.9 Å². The maximum atomic E-state index is 11.0. The van der Waals surface area contributed by atoms with Crippen LogP contribution in [0.2, 0.25) is 0 Å². The van der Waals surface area contributed by atoms with Crippen molar-refractivity contribution in [2.24, 2.45) is 10.9 Å². The molecule has 0 saturated heterocycles. The van der Waals surface area contributed by atoms with Crippen LogP contribution in [0.25, 0.3) is 0 Å². The largest absolute Gasteiger partial charge is 0.409 e. The highest BCUT2D eigenvalue weighted by Crippen LogP contribution is 1.91. The standard InChI is InChI=1S/C8H19N3O2S/c1-7(14(2)13)6-10-5-3-4-8(9)11-12/h7,10,12H,3-6H2,1-2H3,(H2,9,11). The van der Waals surface area contributed by atoms with Crippen molar-refractivity contribution in [3.05, 3.63) is 0 Å². The minimum atomic E-state index is -0.777. The predicted molar refractivity (Wildman–Crippen MR) is 59.0 cm³/mol. The summed E-state index contributed by atoms with van der Waals surface area (Å²) in [7, 11) is -0.777. The van der Waals surface area contributed by atoms with Crippen molar-refractivity contribution in [2.75, 3.05) is 19.3 Å². The van der Waals surface area contributed by atoms with Gasteiger partial charge < -0.3 is 16.3 Å². The van der Waals surface area contributed by atoms with Crippen LogP contribution >= 0.6 is 0 Å². The average molecular weight is 221 g/mol. The van der Waals surface area contributed by atoms with Gasteiger partial charge in [-0.2, -0.15) is 0 Å². The minimum Gasteiger partial charge on any atom is -0.409 e. The van der Waals surface area contributed by atoms with Gasteiger partial charge in [-0.15, -0.1) is 0 Å². The SMILES string of the molecule is CC(CNCCCC(N)=NO)S(C)=O. The third-order valence-electron chi connectivity index (χ3n) is 1.91. The Morgan fingerprint density at radius 2 is 2.36 bits per heavy atom. The lowest BCUT2D eigenvalue weighted by Crippen LogP contribution is -2.28. The topological polar surface area (TPSA) is 87.7 Å². The van der Waals surface area contributed by atoms with Crippen LogP contribution in [0, 0.1) is 0 Å². The number of rotatable bonds is 7. The van der Waals surface area contributed by atoms with Gasteiger partial charge in [-0.1, -0.05) is 5.16 Å². The first-order valence-electron chi connectivity index (χ1n) is 4.57. The molecule has 2 atom stereocenters. The maximum Gasteiger partial charge on any atom is 0.139 e. The molecule has 0 rings (SSSR count). The molecule has 4 N–H and O–H groups in total. The highest BCUT2D eigenvalue weighted by molar-refractivity contribution is 7.84. The molecule has 0 spiro atoms. The first-order chi connectivity index (χ1) is 6.57. The molecule has 0 heterocycles. The molecular weight excluding hydrogens is 202 g/mol. The van der Waals surface area contributed by atoms with E-state index in [0.717, 1.165) is 19.5 Å². The molecule has 5 nitrogen and oxygen atoms in total. The Morgan fingerprint density at radius 1 is 1.71 bits per heavy atom. The van der Waals surface area contributed by atoms with Crippen molar-refractivity contribution in [1.29, 1.82) is 0 Å². The zero-order valence-corrected chi connectivity index (χ0v) is 9.51. The minimum absolute atomic E-state index is 0.166. The van der Waals surface area contributed by atoms with E-state index in [0.29, 0.717) is 6.42 Å². The van der Waals surface area contributed by atoms with Gasteiger partial charge in [0.15, 0.2) is 0 Å². The summed E-state index contributed by atoms with van der Waals surface area (Å²) in [6, 6.07) is 0. The lowest BCUT2D eigenvalue weighted by Gasteiger charge is -2.09. The van der Waals surface area contributed by atoms with Crippen molar-refractivity contribution in [3.63, 3.8) is 0 Å². The Labute approximate surface area is 87.2 Å². The summed E-state index contributed by atoms with van der Waals surface area (Å²) >= 11 is 0. The average Bonchev–Trinajstić information content (AvgIpc) is 2.16. The van der Waals surface area contributed by atoms with Crippen LogP contribution < -0.4 is 11.1 Å². The van der Waals surface area contributed by atoms with E-state index in [2.05, 4.69) is 10.5 Å². The van der Waals surface area contributed by atoms with E-state index in [1.165, 1.54) is 0 Å². The molecule has 0 fully saturated rings. The van der Waals surface area contributed by atoms with Gasteiger partial charge >= 0.3 is 0 Å². The van der Waals surface area contributed by atoms with E-state index < -0.39 is 10.8 Å². The molecule has 0 radical (unpaired) electrons. The van der Waals surface area contributed by atoms with Crippen molar-refractivity contribution < 1.29 is 9.42 Å². The second-order valence-electron chi connectivity index (χ2n) is 3.21. The maximum absolute atomic E-state index is 11.0.